The largest absolute Gasteiger partial charge is 0.360 e. The van der Waals surface area contributed by atoms with Crippen molar-refractivity contribution in [2.45, 2.75) is 24.8 Å². The fraction of sp³-hybridized carbons (Fsp3) is 0.417. The van der Waals surface area contributed by atoms with Crippen LogP contribution in [0.3, 0.4) is 0 Å². The van der Waals surface area contributed by atoms with Crippen molar-refractivity contribution in [1.82, 2.24) is 9.62 Å². The SMILES string of the molecule is CC(C)NC(=S)Nc1cccc(S(=O)(=O)N(C)C)c1. The summed E-state index contributed by atoms with van der Waals surface area (Å²) in [5.41, 5.74) is 0.640. The van der Waals surface area contributed by atoms with Gasteiger partial charge in [-0.1, -0.05) is 6.07 Å². The molecule has 0 radical (unpaired) electrons. The van der Waals surface area contributed by atoms with Gasteiger partial charge in [-0.15, -0.1) is 0 Å². The predicted molar refractivity (Wildman–Crippen MR) is 81.8 cm³/mol. The van der Waals surface area contributed by atoms with Gasteiger partial charge in [-0.25, -0.2) is 12.7 Å². The first-order valence-corrected chi connectivity index (χ1v) is 7.68. The summed E-state index contributed by atoms with van der Waals surface area (Å²) in [4.78, 5) is 0.231. The minimum absolute atomic E-state index is 0.216. The van der Waals surface area contributed by atoms with E-state index in [2.05, 4.69) is 10.6 Å². The molecule has 0 spiro atoms. The molecule has 0 saturated heterocycles. The highest BCUT2D eigenvalue weighted by Crippen LogP contribution is 2.17. The van der Waals surface area contributed by atoms with Crippen molar-refractivity contribution >= 4 is 33.0 Å². The van der Waals surface area contributed by atoms with Crippen LogP contribution in [-0.2, 0) is 10.0 Å². The minimum Gasteiger partial charge on any atom is -0.360 e. The summed E-state index contributed by atoms with van der Waals surface area (Å²) < 4.78 is 25.2. The second-order valence-electron chi connectivity index (χ2n) is 4.57. The monoisotopic (exact) mass is 301 g/mol. The zero-order valence-electron chi connectivity index (χ0n) is 11.5. The minimum atomic E-state index is -3.43. The molecule has 0 heterocycles. The van der Waals surface area contributed by atoms with E-state index in [9.17, 15) is 8.42 Å². The highest BCUT2D eigenvalue weighted by Gasteiger charge is 2.17. The van der Waals surface area contributed by atoms with Crippen molar-refractivity contribution in [3.05, 3.63) is 24.3 Å². The fourth-order valence-electron chi connectivity index (χ4n) is 1.37. The molecule has 0 amide bonds. The van der Waals surface area contributed by atoms with Crippen LogP contribution in [0.2, 0.25) is 0 Å². The number of benzene rings is 1. The normalized spacial score (nSPS) is 11.7. The van der Waals surface area contributed by atoms with Gasteiger partial charge < -0.3 is 10.6 Å². The number of anilines is 1. The van der Waals surface area contributed by atoms with Crippen molar-refractivity contribution in [3.8, 4) is 0 Å². The molecular formula is C12H19N3O2S2. The first kappa shape index (κ1) is 15.9. The van der Waals surface area contributed by atoms with Gasteiger partial charge in [0.15, 0.2) is 5.11 Å². The van der Waals surface area contributed by atoms with Crippen molar-refractivity contribution in [2.24, 2.45) is 0 Å². The zero-order valence-corrected chi connectivity index (χ0v) is 13.1. The topological polar surface area (TPSA) is 61.4 Å². The molecule has 1 aromatic rings. The Morgan fingerprint density at radius 3 is 2.47 bits per heavy atom. The summed E-state index contributed by atoms with van der Waals surface area (Å²) >= 11 is 5.12. The highest BCUT2D eigenvalue weighted by atomic mass is 32.2. The third kappa shape index (κ3) is 4.45. The van der Waals surface area contributed by atoms with Gasteiger partial charge in [-0.3, -0.25) is 0 Å². The summed E-state index contributed by atoms with van der Waals surface area (Å²) in [6, 6.07) is 6.77. The van der Waals surface area contributed by atoms with Gasteiger partial charge in [0.25, 0.3) is 0 Å². The lowest BCUT2D eigenvalue weighted by Gasteiger charge is -2.15. The molecule has 0 aromatic heterocycles. The van der Waals surface area contributed by atoms with E-state index in [-0.39, 0.29) is 10.9 Å². The van der Waals surface area contributed by atoms with E-state index in [0.717, 1.165) is 0 Å². The number of hydrogen-bond acceptors (Lipinski definition) is 3. The van der Waals surface area contributed by atoms with Crippen LogP contribution in [0.1, 0.15) is 13.8 Å². The summed E-state index contributed by atoms with van der Waals surface area (Å²) in [7, 11) is -0.428. The Hall–Kier alpha value is -1.18. The van der Waals surface area contributed by atoms with Crippen LogP contribution in [0.4, 0.5) is 5.69 Å². The second-order valence-corrected chi connectivity index (χ2v) is 7.13. The summed E-state index contributed by atoms with van der Waals surface area (Å²) in [5.74, 6) is 0. The molecule has 106 valence electrons. The van der Waals surface area contributed by atoms with Gasteiger partial charge in [0.05, 0.1) is 4.90 Å². The maximum Gasteiger partial charge on any atom is 0.242 e. The number of hydrogen-bond donors (Lipinski definition) is 2. The molecule has 0 aliphatic heterocycles. The Kier molecular flexibility index (Phi) is 5.28. The molecule has 5 nitrogen and oxygen atoms in total. The maximum absolute atomic E-state index is 12.0. The lowest BCUT2D eigenvalue weighted by molar-refractivity contribution is 0.521. The third-order valence-electron chi connectivity index (χ3n) is 2.29. The van der Waals surface area contributed by atoms with E-state index in [1.54, 1.807) is 24.3 Å². The van der Waals surface area contributed by atoms with E-state index in [4.69, 9.17) is 12.2 Å². The first-order chi connectivity index (χ1) is 8.73. The Balaban J connectivity index is 2.93. The van der Waals surface area contributed by atoms with E-state index >= 15 is 0 Å². The number of nitrogens with one attached hydrogen (secondary N) is 2. The van der Waals surface area contributed by atoms with Gasteiger partial charge >= 0.3 is 0 Å². The molecule has 0 aliphatic carbocycles. The summed E-state index contributed by atoms with van der Waals surface area (Å²) in [6.07, 6.45) is 0. The fourth-order valence-corrected chi connectivity index (χ4v) is 2.68. The predicted octanol–water partition coefficient (Wildman–Crippen LogP) is 1.63. The number of thiocarbonyl (C=S) groups is 1. The van der Waals surface area contributed by atoms with Gasteiger partial charge in [-0.2, -0.15) is 0 Å². The Morgan fingerprint density at radius 1 is 1.32 bits per heavy atom. The van der Waals surface area contributed by atoms with Crippen molar-refractivity contribution in [1.29, 1.82) is 0 Å². The highest BCUT2D eigenvalue weighted by molar-refractivity contribution is 7.89. The average molecular weight is 301 g/mol. The summed E-state index contributed by atoms with van der Waals surface area (Å²) in [5, 5.41) is 6.46. The van der Waals surface area contributed by atoms with Crippen molar-refractivity contribution in [2.75, 3.05) is 19.4 Å². The van der Waals surface area contributed by atoms with Crippen LogP contribution in [0.15, 0.2) is 29.2 Å². The lowest BCUT2D eigenvalue weighted by Crippen LogP contribution is -2.34. The number of nitrogens with zero attached hydrogens (tertiary/aromatic N) is 1. The molecule has 1 rings (SSSR count). The third-order valence-corrected chi connectivity index (χ3v) is 4.32. The Labute approximate surface area is 120 Å². The molecule has 0 aliphatic rings. The smallest absolute Gasteiger partial charge is 0.242 e. The van der Waals surface area contributed by atoms with E-state index in [0.29, 0.717) is 10.8 Å². The van der Waals surface area contributed by atoms with E-state index in [1.165, 1.54) is 18.4 Å². The molecule has 7 heteroatoms. The van der Waals surface area contributed by atoms with Crippen molar-refractivity contribution < 1.29 is 8.42 Å². The molecule has 0 fully saturated rings. The summed E-state index contributed by atoms with van der Waals surface area (Å²) in [6.45, 7) is 3.95. The lowest BCUT2D eigenvalue weighted by atomic mass is 10.3. The Morgan fingerprint density at radius 2 is 1.95 bits per heavy atom. The first-order valence-electron chi connectivity index (χ1n) is 5.83. The van der Waals surface area contributed by atoms with Crippen LogP contribution in [0.5, 0.6) is 0 Å². The number of rotatable bonds is 4. The quantitative estimate of drug-likeness (QED) is 0.828. The van der Waals surface area contributed by atoms with E-state index in [1.807, 2.05) is 13.8 Å². The molecule has 0 atom stereocenters. The molecule has 1 aromatic carbocycles. The van der Waals surface area contributed by atoms with Crippen LogP contribution in [0.25, 0.3) is 0 Å². The average Bonchev–Trinajstić information content (AvgIpc) is 2.27. The van der Waals surface area contributed by atoms with Gasteiger partial charge in [0.1, 0.15) is 0 Å². The molecule has 19 heavy (non-hydrogen) atoms. The van der Waals surface area contributed by atoms with Gasteiger partial charge in [0.2, 0.25) is 10.0 Å². The van der Waals surface area contributed by atoms with E-state index < -0.39 is 10.0 Å². The molecule has 2 N–H and O–H groups in total. The van der Waals surface area contributed by atoms with Gasteiger partial charge in [-0.05, 0) is 44.3 Å². The van der Waals surface area contributed by atoms with Gasteiger partial charge in [0, 0.05) is 25.8 Å². The zero-order chi connectivity index (χ0) is 14.6. The maximum atomic E-state index is 12.0. The number of sulfonamides is 1. The van der Waals surface area contributed by atoms with Crippen molar-refractivity contribution in [3.63, 3.8) is 0 Å². The second kappa shape index (κ2) is 6.31. The standard InChI is InChI=1S/C12H19N3O2S2/c1-9(2)13-12(18)14-10-6-5-7-11(8-10)19(16,17)15(3)4/h5-9H,1-4H3,(H2,13,14,18). The molecule has 0 saturated carbocycles. The molecular weight excluding hydrogens is 282 g/mol. The van der Waals surface area contributed by atoms with Crippen LogP contribution < -0.4 is 10.6 Å². The molecule has 0 bridgehead atoms. The van der Waals surface area contributed by atoms with Crippen LogP contribution >= 0.6 is 12.2 Å². The van der Waals surface area contributed by atoms with Crippen LogP contribution in [0, 0.1) is 0 Å². The van der Waals surface area contributed by atoms with Crippen LogP contribution in [-0.4, -0.2) is 38.0 Å². The molecule has 0 unspecified atom stereocenters. The Bertz CT molecular complexity index is 554.